The summed E-state index contributed by atoms with van der Waals surface area (Å²) in [7, 11) is 0. The Morgan fingerprint density at radius 2 is 1.82 bits per heavy atom. The zero-order valence-electron chi connectivity index (χ0n) is 15.6. The zero-order valence-corrected chi connectivity index (χ0v) is 15.6. The van der Waals surface area contributed by atoms with Crippen LogP contribution in [0.1, 0.15) is 74.1 Å². The van der Waals surface area contributed by atoms with Crippen molar-refractivity contribution in [1.82, 2.24) is 9.55 Å². The number of hydrogen-bond acceptors (Lipinski definition) is 3. The highest BCUT2D eigenvalue weighted by molar-refractivity contribution is 5.70. The summed E-state index contributed by atoms with van der Waals surface area (Å²) in [6.45, 7) is 17.7. The van der Waals surface area contributed by atoms with Crippen LogP contribution in [0.25, 0.3) is 0 Å². The van der Waals surface area contributed by atoms with Gasteiger partial charge in [-0.3, -0.25) is 0 Å². The van der Waals surface area contributed by atoms with Crippen LogP contribution in [0.5, 0.6) is 0 Å². The van der Waals surface area contributed by atoms with Gasteiger partial charge in [0.25, 0.3) is 0 Å². The van der Waals surface area contributed by atoms with Crippen LogP contribution in [0.2, 0.25) is 0 Å². The van der Waals surface area contributed by atoms with E-state index in [0.29, 0.717) is 0 Å². The molecular formula is C18H36N2O2. The van der Waals surface area contributed by atoms with E-state index in [1.165, 1.54) is 17.3 Å². The van der Waals surface area contributed by atoms with Gasteiger partial charge in [0.05, 0.1) is 0 Å². The Hall–Kier alpha value is -1.58. The molecule has 0 bridgehead atoms. The molecule has 22 heavy (non-hydrogen) atoms. The second kappa shape index (κ2) is 21.7. The molecule has 0 radical (unpaired) electrons. The molecular weight excluding hydrogens is 276 g/mol. The van der Waals surface area contributed by atoms with Gasteiger partial charge in [-0.05, 0) is 19.3 Å². The number of carbonyl (C=O) groups excluding carboxylic acids is 1. The van der Waals surface area contributed by atoms with Crippen LogP contribution in [0.4, 0.5) is 4.79 Å². The lowest BCUT2D eigenvalue weighted by Crippen LogP contribution is -2.12. The van der Waals surface area contributed by atoms with Crippen LogP contribution in [-0.2, 0) is 4.74 Å². The number of aromatic nitrogens is 2. The monoisotopic (exact) mass is 312 g/mol. The quantitative estimate of drug-likeness (QED) is 0.635. The smallest absolute Gasteiger partial charge is 0.419 e. The van der Waals surface area contributed by atoms with E-state index in [1.54, 1.807) is 12.4 Å². The molecule has 1 fully saturated rings. The molecule has 0 spiro atoms. The Balaban J connectivity index is -0.000000280. The summed E-state index contributed by atoms with van der Waals surface area (Å²) in [5, 5.41) is 0. The number of imidazole rings is 1. The summed E-state index contributed by atoms with van der Waals surface area (Å²) in [6.07, 6.45) is 10.7. The van der Waals surface area contributed by atoms with Crippen LogP contribution in [0.3, 0.4) is 0 Å². The average Bonchev–Trinajstić information content (AvgIpc) is 3.23. The molecule has 4 nitrogen and oxygen atoms in total. The standard InChI is InChI=1S/C7H8N2O2.C5H10.3C2H6/c10-7(11-6-1-2-6)9-4-3-8-5-9;1-3-5-4-2;3*1-2/h3-6H,1-2H2;3H,1,4-5H2,2H3;3*1-2H3. The second-order valence-corrected chi connectivity index (χ2v) is 3.63. The lowest BCUT2D eigenvalue weighted by Gasteiger charge is -2.00. The topological polar surface area (TPSA) is 44.1 Å². The van der Waals surface area contributed by atoms with E-state index in [4.69, 9.17) is 4.74 Å². The van der Waals surface area contributed by atoms with E-state index in [9.17, 15) is 4.79 Å². The largest absolute Gasteiger partial charge is 0.446 e. The summed E-state index contributed by atoms with van der Waals surface area (Å²) in [4.78, 5) is 14.8. The van der Waals surface area contributed by atoms with E-state index >= 15 is 0 Å². The molecule has 0 amide bonds. The number of unbranched alkanes of at least 4 members (excludes halogenated alkanes) is 1. The molecule has 1 saturated carbocycles. The molecule has 1 aliphatic carbocycles. The van der Waals surface area contributed by atoms with Gasteiger partial charge in [-0.1, -0.05) is 61.0 Å². The predicted octanol–water partition coefficient (Wildman–Crippen LogP) is 6.08. The maximum Gasteiger partial charge on any atom is 0.419 e. The third-order valence-corrected chi connectivity index (χ3v) is 2.00. The average molecular weight is 312 g/mol. The van der Waals surface area contributed by atoms with Crippen LogP contribution in [-0.4, -0.2) is 21.7 Å². The van der Waals surface area contributed by atoms with Gasteiger partial charge in [0.15, 0.2) is 0 Å². The maximum atomic E-state index is 11.1. The van der Waals surface area contributed by atoms with Crippen LogP contribution in [0, 0.1) is 0 Å². The van der Waals surface area contributed by atoms with Gasteiger partial charge in [0.1, 0.15) is 12.4 Å². The summed E-state index contributed by atoms with van der Waals surface area (Å²) < 4.78 is 6.32. The Bertz CT molecular complexity index is 318. The van der Waals surface area contributed by atoms with Gasteiger partial charge in [-0.15, -0.1) is 6.58 Å². The number of rotatable bonds is 3. The van der Waals surface area contributed by atoms with Crippen LogP contribution < -0.4 is 0 Å². The van der Waals surface area contributed by atoms with Crippen molar-refractivity contribution >= 4 is 6.09 Å². The van der Waals surface area contributed by atoms with Gasteiger partial charge < -0.3 is 4.74 Å². The summed E-state index contributed by atoms with van der Waals surface area (Å²) in [5.74, 6) is 0. The first-order valence-electron chi connectivity index (χ1n) is 8.57. The highest BCUT2D eigenvalue weighted by Crippen LogP contribution is 2.23. The predicted molar refractivity (Wildman–Crippen MR) is 96.3 cm³/mol. The van der Waals surface area contributed by atoms with Gasteiger partial charge in [-0.2, -0.15) is 0 Å². The van der Waals surface area contributed by atoms with E-state index in [0.717, 1.165) is 19.3 Å². The van der Waals surface area contributed by atoms with Crippen molar-refractivity contribution in [1.29, 1.82) is 0 Å². The van der Waals surface area contributed by atoms with Crippen molar-refractivity contribution in [2.75, 3.05) is 0 Å². The molecule has 0 N–H and O–H groups in total. The van der Waals surface area contributed by atoms with Gasteiger partial charge in [0.2, 0.25) is 0 Å². The SMILES string of the molecule is C=CCCC.CC.CC.CC.O=C(OC1CC1)n1ccnc1. The van der Waals surface area contributed by atoms with E-state index < -0.39 is 0 Å². The summed E-state index contributed by atoms with van der Waals surface area (Å²) in [5.41, 5.74) is 0. The molecule has 0 saturated heterocycles. The Labute approximate surface area is 137 Å². The van der Waals surface area contributed by atoms with Crippen molar-refractivity contribution in [2.24, 2.45) is 0 Å². The lowest BCUT2D eigenvalue weighted by atomic mass is 10.3. The van der Waals surface area contributed by atoms with E-state index in [2.05, 4.69) is 18.5 Å². The fourth-order valence-corrected chi connectivity index (χ4v) is 0.961. The first kappa shape index (κ1) is 25.4. The summed E-state index contributed by atoms with van der Waals surface area (Å²) in [6, 6.07) is 0. The van der Waals surface area contributed by atoms with E-state index in [1.807, 2.05) is 47.6 Å². The highest BCUT2D eigenvalue weighted by Gasteiger charge is 2.26. The number of ether oxygens (including phenoxy) is 1. The highest BCUT2D eigenvalue weighted by atomic mass is 16.6. The van der Waals surface area contributed by atoms with Crippen molar-refractivity contribution in [2.45, 2.75) is 80.3 Å². The third kappa shape index (κ3) is 16.5. The maximum absolute atomic E-state index is 11.1. The van der Waals surface area contributed by atoms with Crippen molar-refractivity contribution in [3.8, 4) is 0 Å². The molecule has 0 aliphatic heterocycles. The van der Waals surface area contributed by atoms with E-state index in [-0.39, 0.29) is 12.2 Å². The molecule has 0 unspecified atom stereocenters. The minimum atomic E-state index is -0.329. The Kier molecular flexibility index (Phi) is 25.0. The molecule has 1 aromatic heterocycles. The normalized spacial score (nSPS) is 10.7. The second-order valence-electron chi connectivity index (χ2n) is 3.63. The number of allylic oxidation sites excluding steroid dienone is 1. The summed E-state index contributed by atoms with van der Waals surface area (Å²) >= 11 is 0. The van der Waals surface area contributed by atoms with Gasteiger partial charge >= 0.3 is 6.09 Å². The minimum Gasteiger partial charge on any atom is -0.446 e. The first-order chi connectivity index (χ1) is 10.8. The first-order valence-corrected chi connectivity index (χ1v) is 8.57. The van der Waals surface area contributed by atoms with Crippen molar-refractivity contribution in [3.63, 3.8) is 0 Å². The Morgan fingerprint density at radius 3 is 2.09 bits per heavy atom. The molecule has 1 aromatic rings. The number of nitrogens with zero attached hydrogens (tertiary/aromatic N) is 2. The van der Waals surface area contributed by atoms with Crippen LogP contribution >= 0.6 is 0 Å². The van der Waals surface area contributed by atoms with Crippen molar-refractivity contribution < 1.29 is 9.53 Å². The minimum absolute atomic E-state index is 0.157. The van der Waals surface area contributed by atoms with Gasteiger partial charge in [0, 0.05) is 12.4 Å². The Morgan fingerprint density at radius 1 is 1.27 bits per heavy atom. The number of carbonyl (C=O) groups is 1. The number of hydrogen-bond donors (Lipinski definition) is 0. The molecule has 2 rings (SSSR count). The molecule has 0 aromatic carbocycles. The fourth-order valence-electron chi connectivity index (χ4n) is 0.961. The third-order valence-electron chi connectivity index (χ3n) is 2.00. The molecule has 130 valence electrons. The zero-order chi connectivity index (χ0) is 17.8. The molecule has 0 atom stereocenters. The van der Waals surface area contributed by atoms with Gasteiger partial charge in [-0.25, -0.2) is 14.3 Å². The molecule has 1 aliphatic rings. The lowest BCUT2D eigenvalue weighted by molar-refractivity contribution is 0.140. The van der Waals surface area contributed by atoms with Crippen molar-refractivity contribution in [3.05, 3.63) is 31.4 Å². The molecule has 1 heterocycles. The molecule has 4 heteroatoms. The van der Waals surface area contributed by atoms with Crippen LogP contribution in [0.15, 0.2) is 31.4 Å². The fraction of sp³-hybridized carbons (Fsp3) is 0.667.